The van der Waals surface area contributed by atoms with Gasteiger partial charge in [-0.3, -0.25) is 4.98 Å². The standard InChI is InChI=1S/C8H7F3N4OS/c1-4-2-5-12-6(17-3-8(9,10)11)13-7(16)15(5)14-4/h2H,3H2,1H3,(H,12,13,16). The highest BCUT2D eigenvalue weighted by Crippen LogP contribution is 2.24. The van der Waals surface area contributed by atoms with Gasteiger partial charge in [-0.25, -0.2) is 9.78 Å². The van der Waals surface area contributed by atoms with Crippen LogP contribution in [-0.2, 0) is 0 Å². The van der Waals surface area contributed by atoms with Gasteiger partial charge in [0.25, 0.3) is 0 Å². The van der Waals surface area contributed by atoms with Crippen molar-refractivity contribution in [3.63, 3.8) is 0 Å². The molecular formula is C8H7F3N4OS. The first-order chi connectivity index (χ1) is 7.85. The number of H-pyrrole nitrogens is 1. The van der Waals surface area contributed by atoms with Crippen LogP contribution >= 0.6 is 11.8 Å². The molecule has 0 saturated heterocycles. The highest BCUT2D eigenvalue weighted by molar-refractivity contribution is 7.99. The quantitative estimate of drug-likeness (QED) is 0.832. The first kappa shape index (κ1) is 12.0. The fourth-order valence-electron chi connectivity index (χ4n) is 1.21. The maximum absolute atomic E-state index is 12.0. The van der Waals surface area contributed by atoms with Gasteiger partial charge in [-0.05, 0) is 6.92 Å². The van der Waals surface area contributed by atoms with Crippen molar-refractivity contribution in [2.75, 3.05) is 5.75 Å². The van der Waals surface area contributed by atoms with Crippen LogP contribution in [0.5, 0.6) is 0 Å². The normalized spacial score (nSPS) is 12.2. The van der Waals surface area contributed by atoms with Gasteiger partial charge in [0.2, 0.25) is 0 Å². The van der Waals surface area contributed by atoms with Crippen LogP contribution in [-0.4, -0.2) is 31.5 Å². The highest BCUT2D eigenvalue weighted by atomic mass is 32.2. The molecule has 0 fully saturated rings. The Bertz CT molecular complexity index is 603. The number of alkyl halides is 3. The number of nitrogens with zero attached hydrogens (tertiary/aromatic N) is 3. The van der Waals surface area contributed by atoms with Gasteiger partial charge in [0.1, 0.15) is 0 Å². The van der Waals surface area contributed by atoms with Crippen molar-refractivity contribution in [3.05, 3.63) is 22.2 Å². The van der Waals surface area contributed by atoms with Gasteiger partial charge in [0.15, 0.2) is 10.8 Å². The number of rotatable bonds is 2. The van der Waals surface area contributed by atoms with E-state index in [9.17, 15) is 18.0 Å². The largest absolute Gasteiger partial charge is 0.398 e. The molecule has 2 aromatic heterocycles. The van der Waals surface area contributed by atoms with Crippen LogP contribution in [0.3, 0.4) is 0 Å². The van der Waals surface area contributed by atoms with Gasteiger partial charge in [-0.1, -0.05) is 11.8 Å². The zero-order valence-corrected chi connectivity index (χ0v) is 9.39. The minimum absolute atomic E-state index is 0.0697. The number of hydrogen-bond acceptors (Lipinski definition) is 4. The van der Waals surface area contributed by atoms with Crippen LogP contribution in [0.15, 0.2) is 16.0 Å². The van der Waals surface area contributed by atoms with E-state index in [-0.39, 0.29) is 10.8 Å². The SMILES string of the molecule is Cc1cc2nc(SCC(F)(F)F)[nH]c(=O)n2n1. The topological polar surface area (TPSA) is 63.0 Å². The molecule has 92 valence electrons. The van der Waals surface area contributed by atoms with Crippen LogP contribution in [0, 0.1) is 6.92 Å². The summed E-state index contributed by atoms with van der Waals surface area (Å²) < 4.78 is 37.0. The van der Waals surface area contributed by atoms with E-state index in [1.54, 1.807) is 6.92 Å². The third-order valence-corrected chi connectivity index (χ3v) is 2.75. The Kier molecular flexibility index (Phi) is 2.86. The third kappa shape index (κ3) is 2.78. The summed E-state index contributed by atoms with van der Waals surface area (Å²) in [6, 6.07) is 1.52. The Hall–Kier alpha value is -1.51. The van der Waals surface area contributed by atoms with Crippen molar-refractivity contribution in [2.45, 2.75) is 18.3 Å². The molecule has 0 radical (unpaired) electrons. The van der Waals surface area contributed by atoms with E-state index in [4.69, 9.17) is 0 Å². The number of halogens is 3. The van der Waals surface area contributed by atoms with Gasteiger partial charge in [0, 0.05) is 6.07 Å². The van der Waals surface area contributed by atoms with Gasteiger partial charge < -0.3 is 0 Å². The Morgan fingerprint density at radius 1 is 1.53 bits per heavy atom. The summed E-state index contributed by atoms with van der Waals surface area (Å²) in [5.74, 6) is -1.10. The number of thioether (sulfide) groups is 1. The average Bonchev–Trinajstić information content (AvgIpc) is 2.55. The summed E-state index contributed by atoms with van der Waals surface area (Å²) in [5, 5.41) is 3.77. The second-order valence-electron chi connectivity index (χ2n) is 3.31. The molecule has 0 aliphatic carbocycles. The van der Waals surface area contributed by atoms with E-state index < -0.39 is 17.6 Å². The number of fused-ring (bicyclic) bond motifs is 1. The molecule has 0 amide bonds. The van der Waals surface area contributed by atoms with Crippen molar-refractivity contribution >= 4 is 17.4 Å². The summed E-state index contributed by atoms with van der Waals surface area (Å²) >= 11 is 0.433. The van der Waals surface area contributed by atoms with E-state index >= 15 is 0 Å². The monoisotopic (exact) mass is 264 g/mol. The van der Waals surface area contributed by atoms with Crippen LogP contribution in [0.2, 0.25) is 0 Å². The fourth-order valence-corrected chi connectivity index (χ4v) is 1.83. The lowest BCUT2D eigenvalue weighted by Gasteiger charge is -2.04. The molecule has 2 heterocycles. The summed E-state index contributed by atoms with van der Waals surface area (Å²) in [7, 11) is 0. The molecule has 0 aromatic carbocycles. The lowest BCUT2D eigenvalue weighted by atomic mass is 10.5. The molecule has 0 bridgehead atoms. The number of aromatic amines is 1. The maximum atomic E-state index is 12.0. The van der Waals surface area contributed by atoms with Crippen LogP contribution in [0.25, 0.3) is 5.65 Å². The Morgan fingerprint density at radius 3 is 2.88 bits per heavy atom. The van der Waals surface area contributed by atoms with E-state index in [0.717, 1.165) is 4.52 Å². The van der Waals surface area contributed by atoms with Crippen molar-refractivity contribution in [3.8, 4) is 0 Å². The molecule has 0 spiro atoms. The summed E-state index contributed by atoms with van der Waals surface area (Å²) in [6.45, 7) is 1.66. The molecule has 0 atom stereocenters. The average molecular weight is 264 g/mol. The minimum Gasteiger partial charge on any atom is -0.285 e. The summed E-state index contributed by atoms with van der Waals surface area (Å²) in [6.07, 6.45) is -4.30. The molecule has 9 heteroatoms. The second-order valence-corrected chi connectivity index (χ2v) is 4.27. The second kappa shape index (κ2) is 4.06. The van der Waals surface area contributed by atoms with Gasteiger partial charge >= 0.3 is 11.9 Å². The Morgan fingerprint density at radius 2 is 2.24 bits per heavy atom. The van der Waals surface area contributed by atoms with Crippen LogP contribution < -0.4 is 5.69 Å². The summed E-state index contributed by atoms with van der Waals surface area (Å²) in [4.78, 5) is 17.5. The molecular weight excluding hydrogens is 257 g/mol. The van der Waals surface area contributed by atoms with Crippen molar-refractivity contribution in [1.82, 2.24) is 19.6 Å². The van der Waals surface area contributed by atoms with E-state index in [2.05, 4.69) is 15.1 Å². The smallest absolute Gasteiger partial charge is 0.285 e. The molecule has 0 aliphatic heterocycles. The summed E-state index contributed by atoms with van der Waals surface area (Å²) in [5.41, 5.74) is 0.199. The van der Waals surface area contributed by atoms with E-state index in [1.807, 2.05) is 0 Å². The molecule has 0 saturated carbocycles. The van der Waals surface area contributed by atoms with Gasteiger partial charge in [0.05, 0.1) is 11.4 Å². The van der Waals surface area contributed by atoms with Crippen molar-refractivity contribution in [2.24, 2.45) is 0 Å². The van der Waals surface area contributed by atoms with E-state index in [1.165, 1.54) is 6.07 Å². The molecule has 1 N–H and O–H groups in total. The predicted octanol–water partition coefficient (Wildman–Crippen LogP) is 1.38. The number of nitrogens with one attached hydrogen (secondary N) is 1. The number of aryl methyl sites for hydroxylation is 1. The highest BCUT2D eigenvalue weighted by Gasteiger charge is 2.27. The molecule has 2 aromatic rings. The first-order valence-electron chi connectivity index (χ1n) is 4.51. The fraction of sp³-hybridized carbons (Fsp3) is 0.375. The zero-order chi connectivity index (χ0) is 12.6. The first-order valence-corrected chi connectivity index (χ1v) is 5.50. The Balaban J connectivity index is 2.33. The molecule has 5 nitrogen and oxygen atoms in total. The lowest BCUT2D eigenvalue weighted by molar-refractivity contribution is -0.105. The molecule has 2 rings (SSSR count). The Labute approximate surface area is 97.1 Å². The van der Waals surface area contributed by atoms with E-state index in [0.29, 0.717) is 17.5 Å². The van der Waals surface area contributed by atoms with Crippen LogP contribution in [0.4, 0.5) is 13.2 Å². The number of hydrogen-bond donors (Lipinski definition) is 1. The van der Waals surface area contributed by atoms with Gasteiger partial charge in [-0.15, -0.1) is 0 Å². The van der Waals surface area contributed by atoms with Crippen LogP contribution in [0.1, 0.15) is 5.69 Å². The predicted molar refractivity (Wildman–Crippen MR) is 55.1 cm³/mol. The third-order valence-electron chi connectivity index (χ3n) is 1.81. The molecule has 17 heavy (non-hydrogen) atoms. The molecule has 0 aliphatic rings. The van der Waals surface area contributed by atoms with Crippen molar-refractivity contribution < 1.29 is 13.2 Å². The maximum Gasteiger partial charge on any atom is 0.398 e. The zero-order valence-electron chi connectivity index (χ0n) is 8.58. The lowest BCUT2D eigenvalue weighted by Crippen LogP contribution is -2.20. The van der Waals surface area contributed by atoms with Crippen molar-refractivity contribution in [1.29, 1.82) is 0 Å². The minimum atomic E-state index is -4.30. The molecule has 0 unspecified atom stereocenters. The van der Waals surface area contributed by atoms with Gasteiger partial charge in [-0.2, -0.15) is 22.8 Å². The number of aromatic nitrogens is 4.